The number of Topliss-reactive ketones (excluding diaryl/α,β-unsaturated/α-hetero) is 1. The molecule has 1 saturated heterocycles. The van der Waals surface area contributed by atoms with Crippen LogP contribution >= 0.6 is 0 Å². The van der Waals surface area contributed by atoms with E-state index in [2.05, 4.69) is 88.7 Å². The summed E-state index contributed by atoms with van der Waals surface area (Å²) in [5.41, 5.74) is 3.53. The van der Waals surface area contributed by atoms with Gasteiger partial charge in [-0.3, -0.25) is 4.79 Å². The molecule has 2 aromatic carbocycles. The number of hydrogen-bond donors (Lipinski definition) is 1. The van der Waals surface area contributed by atoms with E-state index in [1.165, 1.54) is 18.3 Å². The Morgan fingerprint density at radius 2 is 1.77 bits per heavy atom. The van der Waals surface area contributed by atoms with Crippen molar-refractivity contribution in [3.05, 3.63) is 82.0 Å². The molecule has 57 heavy (non-hydrogen) atoms. The van der Waals surface area contributed by atoms with Crippen LogP contribution in [0.15, 0.2) is 65.3 Å². The van der Waals surface area contributed by atoms with E-state index in [1.54, 1.807) is 14.0 Å². The zero-order valence-corrected chi connectivity index (χ0v) is 34.9. The number of ether oxygens (including phenoxy) is 5. The van der Waals surface area contributed by atoms with Gasteiger partial charge in [-0.2, -0.15) is 0 Å². The number of methoxy groups -OCH3 is 2. The fourth-order valence-corrected chi connectivity index (χ4v) is 11.5. The van der Waals surface area contributed by atoms with E-state index in [1.807, 2.05) is 24.3 Å². The molecule has 0 radical (unpaired) electrons. The van der Waals surface area contributed by atoms with Gasteiger partial charge in [0.1, 0.15) is 22.8 Å². The minimum atomic E-state index is -1.40. The number of benzene rings is 2. The number of nitrogens with zero attached hydrogens (tertiary/aromatic N) is 2. The van der Waals surface area contributed by atoms with Crippen LogP contribution in [0.5, 0.6) is 17.2 Å². The molecule has 8 unspecified atom stereocenters. The Morgan fingerprint density at radius 3 is 2.49 bits per heavy atom. The largest absolute Gasteiger partial charge is 0.495 e. The van der Waals surface area contributed by atoms with Crippen LogP contribution in [-0.4, -0.2) is 57.9 Å². The smallest absolute Gasteiger partial charge is 0.333 e. The summed E-state index contributed by atoms with van der Waals surface area (Å²) in [6.45, 7) is 16.5. The first kappa shape index (κ1) is 37.7. The lowest BCUT2D eigenvalue weighted by atomic mass is 9.44. The Labute approximate surface area is 335 Å². The van der Waals surface area contributed by atoms with Crippen LogP contribution in [0.1, 0.15) is 110 Å². The molecule has 10 rings (SSSR count). The highest BCUT2D eigenvalue weighted by atomic mass is 16.6. The molecular weight excluding hydrogens is 719 g/mol. The molecule has 8 atom stereocenters. The SMILES string of the molecule is COC(=O)/C(C)=C\CC12OC(C)(C)C3CC(C1=O)C1C4C(Nc5nc6ccccc6n51)c1c(OC)c5c(c(CC=C(C)C)c1OC432)OC(C)(CCC=C(C)C)C=C5. The highest BCUT2D eigenvalue weighted by molar-refractivity contribution is 5.97. The van der Waals surface area contributed by atoms with Crippen molar-refractivity contribution in [2.45, 2.75) is 122 Å². The van der Waals surface area contributed by atoms with Crippen LogP contribution in [0.25, 0.3) is 17.1 Å². The topological polar surface area (TPSA) is 110 Å². The van der Waals surface area contributed by atoms with Crippen LogP contribution in [-0.2, 0) is 25.5 Å². The summed E-state index contributed by atoms with van der Waals surface area (Å²) in [6, 6.07) is 7.49. The molecule has 300 valence electrons. The van der Waals surface area contributed by atoms with Crippen molar-refractivity contribution in [3.63, 3.8) is 0 Å². The van der Waals surface area contributed by atoms with Crippen molar-refractivity contribution < 1.29 is 33.3 Å². The number of carbonyl (C=O) groups excluding carboxylic acids is 2. The first-order chi connectivity index (χ1) is 27.1. The summed E-state index contributed by atoms with van der Waals surface area (Å²) >= 11 is 0. The number of nitrogens with one attached hydrogen (secondary N) is 1. The summed E-state index contributed by atoms with van der Waals surface area (Å²) in [6.07, 6.45) is 13.6. The van der Waals surface area contributed by atoms with E-state index in [-0.39, 0.29) is 42.0 Å². The Morgan fingerprint density at radius 1 is 1.02 bits per heavy atom. The van der Waals surface area contributed by atoms with Gasteiger partial charge in [0.15, 0.2) is 17.0 Å². The third kappa shape index (κ3) is 5.14. The monoisotopic (exact) mass is 773 g/mol. The first-order valence-corrected chi connectivity index (χ1v) is 20.4. The first-order valence-electron chi connectivity index (χ1n) is 20.4. The highest BCUT2D eigenvalue weighted by Crippen LogP contribution is 2.76. The molecule has 3 saturated carbocycles. The van der Waals surface area contributed by atoms with Crippen LogP contribution in [0.2, 0.25) is 0 Å². The normalized spacial score (nSPS) is 31.9. The summed E-state index contributed by atoms with van der Waals surface area (Å²) in [7, 11) is 3.09. The van der Waals surface area contributed by atoms with E-state index >= 15 is 4.79 Å². The molecule has 1 spiro atoms. The van der Waals surface area contributed by atoms with E-state index in [4.69, 9.17) is 28.7 Å². The molecule has 1 N–H and O–H groups in total. The fraction of sp³-hybridized carbons (Fsp3) is 0.511. The van der Waals surface area contributed by atoms with Gasteiger partial charge < -0.3 is 33.6 Å². The lowest BCUT2D eigenvalue weighted by Gasteiger charge is -2.67. The quantitative estimate of drug-likeness (QED) is 0.129. The molecule has 7 aliphatic rings. The Balaban J connectivity index is 1.35. The van der Waals surface area contributed by atoms with Crippen LogP contribution in [0.3, 0.4) is 0 Å². The van der Waals surface area contributed by atoms with Crippen molar-refractivity contribution in [3.8, 4) is 17.2 Å². The van der Waals surface area contributed by atoms with E-state index in [0.717, 1.165) is 52.3 Å². The van der Waals surface area contributed by atoms with Crippen molar-refractivity contribution >= 4 is 34.8 Å². The molecule has 10 heteroatoms. The number of ketones is 1. The van der Waals surface area contributed by atoms with Crippen LogP contribution < -0.4 is 19.5 Å². The van der Waals surface area contributed by atoms with Gasteiger partial charge in [-0.1, -0.05) is 41.5 Å². The second-order valence-corrected chi connectivity index (χ2v) is 18.3. The molecule has 10 nitrogen and oxygen atoms in total. The Bertz CT molecular complexity index is 2360. The molecular formula is C47H55N3O7. The minimum Gasteiger partial charge on any atom is -0.495 e. The number of allylic oxidation sites excluding steroid dienone is 4. The third-order valence-electron chi connectivity index (χ3n) is 13.8. The minimum absolute atomic E-state index is 0.00845. The average molecular weight is 774 g/mol. The molecule has 4 fully saturated rings. The van der Waals surface area contributed by atoms with Crippen molar-refractivity contribution in [2.24, 2.45) is 17.8 Å². The van der Waals surface area contributed by atoms with Gasteiger partial charge in [-0.05, 0) is 105 Å². The predicted octanol–water partition coefficient (Wildman–Crippen LogP) is 9.20. The van der Waals surface area contributed by atoms with Crippen molar-refractivity contribution in [1.29, 1.82) is 0 Å². The zero-order valence-electron chi connectivity index (χ0n) is 34.9. The molecule has 4 aliphatic heterocycles. The predicted molar refractivity (Wildman–Crippen MR) is 220 cm³/mol. The van der Waals surface area contributed by atoms with E-state index < -0.39 is 28.4 Å². The number of hydrogen-bond acceptors (Lipinski definition) is 9. The Hall–Kier alpha value is -4.83. The number of imidazole rings is 1. The molecule has 0 amide bonds. The van der Waals surface area contributed by atoms with Crippen LogP contribution in [0, 0.1) is 17.8 Å². The molecule has 5 heterocycles. The maximum absolute atomic E-state index is 15.6. The highest BCUT2D eigenvalue weighted by Gasteiger charge is 2.86. The number of carbonyl (C=O) groups is 2. The summed E-state index contributed by atoms with van der Waals surface area (Å²) in [4.78, 5) is 33.6. The summed E-state index contributed by atoms with van der Waals surface area (Å²) in [5.74, 6) is 1.55. The molecule has 1 aromatic heterocycles. The fourth-order valence-electron chi connectivity index (χ4n) is 11.5. The van der Waals surface area contributed by atoms with Crippen molar-refractivity contribution in [1.82, 2.24) is 9.55 Å². The van der Waals surface area contributed by atoms with E-state index in [0.29, 0.717) is 29.9 Å². The second kappa shape index (κ2) is 12.8. The van der Waals surface area contributed by atoms with Gasteiger partial charge in [-0.25, -0.2) is 9.78 Å². The number of anilines is 1. The van der Waals surface area contributed by atoms with Gasteiger partial charge in [0.2, 0.25) is 5.95 Å². The average Bonchev–Trinajstić information content (AvgIpc) is 3.61. The molecule has 3 aromatic rings. The number of esters is 1. The molecule has 4 bridgehead atoms. The summed E-state index contributed by atoms with van der Waals surface area (Å²) in [5, 5.41) is 3.95. The lowest BCUT2D eigenvalue weighted by Crippen LogP contribution is -2.79. The maximum Gasteiger partial charge on any atom is 0.333 e. The number of para-hydroxylation sites is 2. The van der Waals surface area contributed by atoms with Gasteiger partial charge in [0.25, 0.3) is 0 Å². The summed E-state index contributed by atoms with van der Waals surface area (Å²) < 4.78 is 36.2. The third-order valence-corrected chi connectivity index (χ3v) is 13.8. The van der Waals surface area contributed by atoms with E-state index in [9.17, 15) is 4.79 Å². The van der Waals surface area contributed by atoms with Gasteiger partial charge in [0, 0.05) is 35.3 Å². The van der Waals surface area contributed by atoms with Gasteiger partial charge >= 0.3 is 5.97 Å². The number of rotatable bonds is 9. The standard InChI is InChI=1S/C47H55N3O7/c1-25(2)14-13-21-45(8)22-20-29-38(55-45)28(18-17-26(3)4)40-34(39(29)53-9)36-35-37(50-32-16-12-11-15-31(32)48-43(50)49-36)30-24-33-44(6,7)57-46(41(30)51,47(33,35)56-40)23-19-27(5)42(52)54-10/h11-12,14-17,19-20,22,30,33,35-37H,13,18,21,23-24H2,1-10H3,(H,48,49)/b27-19-. The van der Waals surface area contributed by atoms with Crippen LogP contribution in [0.4, 0.5) is 5.95 Å². The second-order valence-electron chi connectivity index (χ2n) is 18.3. The number of fused-ring (bicyclic) bond motifs is 6. The van der Waals surface area contributed by atoms with Gasteiger partial charge in [-0.15, -0.1) is 0 Å². The molecule has 3 aliphatic carbocycles. The number of aromatic nitrogens is 2. The maximum atomic E-state index is 15.6. The van der Waals surface area contributed by atoms with Gasteiger partial charge in [0.05, 0.1) is 54.1 Å². The zero-order chi connectivity index (χ0) is 40.4. The lowest BCUT2D eigenvalue weighted by molar-refractivity contribution is -0.223. The Kier molecular flexibility index (Phi) is 8.50. The van der Waals surface area contributed by atoms with Crippen molar-refractivity contribution in [2.75, 3.05) is 19.5 Å².